The first-order valence-electron chi connectivity index (χ1n) is 12.6. The van der Waals surface area contributed by atoms with Crippen LogP contribution in [-0.4, -0.2) is 64.3 Å². The number of fused-ring (bicyclic) bond motifs is 5. The third-order valence-electron chi connectivity index (χ3n) is 9.61. The second-order valence-corrected chi connectivity index (χ2v) is 11.2. The number of ketones is 2. The molecule has 0 heterocycles. The maximum atomic E-state index is 17.2. The summed E-state index contributed by atoms with van der Waals surface area (Å²) in [6.07, 6.45) is 3.26. The molecule has 0 spiro atoms. The Morgan fingerprint density at radius 2 is 1.83 bits per heavy atom. The number of halogens is 1. The van der Waals surface area contributed by atoms with Gasteiger partial charge in [-0.15, -0.1) is 0 Å². The quantitative estimate of drug-likeness (QED) is 0.415. The van der Waals surface area contributed by atoms with Gasteiger partial charge in [-0.25, -0.2) is 4.39 Å². The molecule has 0 aliphatic heterocycles. The lowest BCUT2D eigenvalue weighted by molar-refractivity contribution is -0.220. The van der Waals surface area contributed by atoms with Gasteiger partial charge in [0.25, 0.3) is 0 Å². The van der Waals surface area contributed by atoms with E-state index >= 15 is 4.39 Å². The molecule has 4 aliphatic rings. The Kier molecular flexibility index (Phi) is 6.57. The minimum absolute atomic E-state index is 0.101. The highest BCUT2D eigenvalue weighted by Gasteiger charge is 2.75. The molecule has 8 nitrogen and oxygen atoms in total. The van der Waals surface area contributed by atoms with Crippen molar-refractivity contribution in [1.82, 2.24) is 0 Å². The maximum absolute atomic E-state index is 17.2. The molecule has 8 atom stereocenters. The van der Waals surface area contributed by atoms with Crippen molar-refractivity contribution in [2.45, 2.75) is 77.2 Å². The molecule has 0 aromatic carbocycles. The number of aliphatic hydroxyl groups excluding tert-OH is 1. The van der Waals surface area contributed by atoms with Crippen LogP contribution in [0, 0.1) is 28.6 Å². The standard InChI is InChI=1S/C27H35FO8/c1-5-35-22(32)12-23(33)36-14-21(31)27(34)15(2)10-19-18-7-6-16-11-17(29)8-9-24(16,3)26(18,28)20(30)13-25(19,27)4/h8-9,11,15,18-20,30,34H,5-7,10,12-14H2,1-4H3/t15?,18-,19-,20?,24-,25-,26-,27-/m0/s1. The summed E-state index contributed by atoms with van der Waals surface area (Å²) >= 11 is 0. The number of hydrogen-bond acceptors (Lipinski definition) is 8. The molecule has 0 saturated heterocycles. The zero-order valence-electron chi connectivity index (χ0n) is 21.2. The highest BCUT2D eigenvalue weighted by molar-refractivity contribution is 6.01. The van der Waals surface area contributed by atoms with Gasteiger partial charge >= 0.3 is 11.9 Å². The molecule has 3 saturated carbocycles. The van der Waals surface area contributed by atoms with Crippen molar-refractivity contribution in [2.24, 2.45) is 28.6 Å². The summed E-state index contributed by atoms with van der Waals surface area (Å²) in [4.78, 5) is 48.8. The van der Waals surface area contributed by atoms with Crippen molar-refractivity contribution in [3.63, 3.8) is 0 Å². The van der Waals surface area contributed by atoms with Gasteiger partial charge in [-0.1, -0.05) is 25.5 Å². The average Bonchev–Trinajstić information content (AvgIpc) is 3.00. The Morgan fingerprint density at radius 1 is 1.17 bits per heavy atom. The van der Waals surface area contributed by atoms with Crippen molar-refractivity contribution in [1.29, 1.82) is 0 Å². The summed E-state index contributed by atoms with van der Waals surface area (Å²) < 4.78 is 26.8. The third kappa shape index (κ3) is 3.53. The fraction of sp³-hybridized carbons (Fsp3) is 0.704. The molecule has 9 heteroatoms. The van der Waals surface area contributed by atoms with Crippen LogP contribution in [0.2, 0.25) is 0 Å². The number of carbonyl (C=O) groups is 4. The number of aliphatic hydroxyl groups is 2. The Morgan fingerprint density at radius 3 is 2.50 bits per heavy atom. The van der Waals surface area contributed by atoms with Crippen LogP contribution in [0.25, 0.3) is 0 Å². The second kappa shape index (κ2) is 8.87. The van der Waals surface area contributed by atoms with E-state index in [0.717, 1.165) is 0 Å². The second-order valence-electron chi connectivity index (χ2n) is 11.2. The molecule has 36 heavy (non-hydrogen) atoms. The van der Waals surface area contributed by atoms with Crippen LogP contribution >= 0.6 is 0 Å². The van der Waals surface area contributed by atoms with Crippen molar-refractivity contribution in [3.8, 4) is 0 Å². The zero-order chi connectivity index (χ0) is 26.7. The van der Waals surface area contributed by atoms with Crippen LogP contribution in [0.15, 0.2) is 23.8 Å². The van der Waals surface area contributed by atoms with Crippen LogP contribution in [0.4, 0.5) is 4.39 Å². The predicted molar refractivity (Wildman–Crippen MR) is 125 cm³/mol. The Balaban J connectivity index is 1.60. The molecule has 0 bridgehead atoms. The van der Waals surface area contributed by atoms with E-state index in [0.29, 0.717) is 24.8 Å². The molecule has 3 fully saturated rings. The van der Waals surface area contributed by atoms with E-state index in [1.54, 1.807) is 33.8 Å². The summed E-state index contributed by atoms with van der Waals surface area (Å²) in [6.45, 7) is 6.08. The van der Waals surface area contributed by atoms with E-state index in [1.165, 1.54) is 12.2 Å². The number of esters is 2. The topological polar surface area (TPSA) is 127 Å². The van der Waals surface area contributed by atoms with Crippen LogP contribution in [0.3, 0.4) is 0 Å². The number of carbonyl (C=O) groups excluding carboxylic acids is 4. The summed E-state index contributed by atoms with van der Waals surface area (Å²) in [5, 5.41) is 23.2. The molecular weight excluding hydrogens is 471 g/mol. The molecular formula is C27H35FO8. The maximum Gasteiger partial charge on any atom is 0.317 e. The molecule has 0 radical (unpaired) electrons. The number of rotatable bonds is 6. The third-order valence-corrected chi connectivity index (χ3v) is 9.61. The zero-order valence-corrected chi connectivity index (χ0v) is 21.2. The van der Waals surface area contributed by atoms with Gasteiger partial charge in [-0.05, 0) is 63.5 Å². The van der Waals surface area contributed by atoms with E-state index in [1.807, 2.05) is 0 Å². The molecule has 2 N–H and O–H groups in total. The number of Topliss-reactive ketones (excluding diaryl/α,β-unsaturated/α-hetero) is 1. The number of ether oxygens (including phenoxy) is 2. The normalized spacial score (nSPS) is 43.1. The van der Waals surface area contributed by atoms with Gasteiger partial charge in [-0.3, -0.25) is 19.2 Å². The first kappa shape index (κ1) is 26.7. The number of hydrogen-bond donors (Lipinski definition) is 2. The fourth-order valence-corrected chi connectivity index (χ4v) is 7.78. The van der Waals surface area contributed by atoms with Crippen LogP contribution in [-0.2, 0) is 28.7 Å². The Labute approximate surface area is 209 Å². The van der Waals surface area contributed by atoms with Crippen LogP contribution in [0.1, 0.15) is 59.8 Å². The predicted octanol–water partition coefficient (Wildman–Crippen LogP) is 2.40. The Bertz CT molecular complexity index is 1050. The van der Waals surface area contributed by atoms with Crippen molar-refractivity contribution < 1.29 is 43.3 Å². The van der Waals surface area contributed by atoms with E-state index in [9.17, 15) is 29.4 Å². The summed E-state index contributed by atoms with van der Waals surface area (Å²) in [5.74, 6) is -4.30. The van der Waals surface area contributed by atoms with E-state index in [2.05, 4.69) is 0 Å². The van der Waals surface area contributed by atoms with E-state index in [4.69, 9.17) is 9.47 Å². The largest absolute Gasteiger partial charge is 0.466 e. The lowest BCUT2D eigenvalue weighted by atomic mass is 9.44. The first-order valence-corrected chi connectivity index (χ1v) is 12.6. The molecule has 0 aromatic rings. The molecule has 0 amide bonds. The van der Waals surface area contributed by atoms with Crippen LogP contribution in [0.5, 0.6) is 0 Å². The minimum atomic E-state index is -2.07. The molecule has 0 aromatic heterocycles. The number of alkyl halides is 1. The molecule has 198 valence electrons. The van der Waals surface area contributed by atoms with Crippen molar-refractivity contribution in [3.05, 3.63) is 23.8 Å². The molecule has 2 unspecified atom stereocenters. The van der Waals surface area contributed by atoms with Gasteiger partial charge < -0.3 is 19.7 Å². The fourth-order valence-electron chi connectivity index (χ4n) is 7.78. The minimum Gasteiger partial charge on any atom is -0.466 e. The van der Waals surface area contributed by atoms with Gasteiger partial charge in [0, 0.05) is 16.7 Å². The lowest BCUT2D eigenvalue weighted by Gasteiger charge is -2.62. The van der Waals surface area contributed by atoms with Crippen molar-refractivity contribution >= 4 is 23.5 Å². The summed E-state index contributed by atoms with van der Waals surface area (Å²) in [7, 11) is 0. The van der Waals surface area contributed by atoms with Gasteiger partial charge in [0.15, 0.2) is 18.1 Å². The monoisotopic (exact) mass is 506 g/mol. The van der Waals surface area contributed by atoms with Crippen molar-refractivity contribution in [2.75, 3.05) is 13.2 Å². The first-order chi connectivity index (χ1) is 16.8. The van der Waals surface area contributed by atoms with E-state index in [-0.39, 0.29) is 18.8 Å². The number of allylic oxidation sites excluding steroid dienone is 4. The average molecular weight is 507 g/mol. The van der Waals surface area contributed by atoms with Crippen LogP contribution < -0.4 is 0 Å². The van der Waals surface area contributed by atoms with Gasteiger partial charge in [-0.2, -0.15) is 0 Å². The summed E-state index contributed by atoms with van der Waals surface area (Å²) in [5.41, 5.74) is -5.70. The smallest absolute Gasteiger partial charge is 0.317 e. The lowest BCUT2D eigenvalue weighted by Crippen LogP contribution is -2.69. The van der Waals surface area contributed by atoms with Gasteiger partial charge in [0.2, 0.25) is 5.78 Å². The molecule has 4 aliphatic carbocycles. The highest BCUT2D eigenvalue weighted by Crippen LogP contribution is 2.70. The summed E-state index contributed by atoms with van der Waals surface area (Å²) in [6, 6.07) is 0. The molecule has 4 rings (SSSR count). The van der Waals surface area contributed by atoms with Gasteiger partial charge in [0.05, 0.1) is 12.7 Å². The van der Waals surface area contributed by atoms with E-state index < -0.39 is 76.7 Å². The SMILES string of the molecule is CCOC(=O)CC(=O)OCC(=O)[C@@]1(O)C(C)C[C@H]2[C@@H]3CCC4=CC(=O)C=C[C@]4(C)[C@@]3(F)C(O)C[C@@]21C. The Hall–Kier alpha value is -2.39. The highest BCUT2D eigenvalue weighted by atomic mass is 19.1. The van der Waals surface area contributed by atoms with Gasteiger partial charge in [0.1, 0.15) is 12.0 Å².